The van der Waals surface area contributed by atoms with Crippen molar-refractivity contribution in [2.24, 2.45) is 5.92 Å². The van der Waals surface area contributed by atoms with Crippen LogP contribution < -0.4 is 10.1 Å². The molecule has 4 nitrogen and oxygen atoms in total. The third-order valence-electron chi connectivity index (χ3n) is 5.31. The average molecular weight is 482 g/mol. The molecule has 2 atom stereocenters. The summed E-state index contributed by atoms with van der Waals surface area (Å²) >= 11 is 5.26. The van der Waals surface area contributed by atoms with Crippen LogP contribution in [0.2, 0.25) is 0 Å². The van der Waals surface area contributed by atoms with Crippen molar-refractivity contribution in [3.8, 4) is 5.75 Å². The van der Waals surface area contributed by atoms with Gasteiger partial charge in [0.25, 0.3) is 0 Å². The van der Waals surface area contributed by atoms with Crippen LogP contribution in [0.15, 0.2) is 34.1 Å². The van der Waals surface area contributed by atoms with E-state index in [1.54, 1.807) is 18.4 Å². The van der Waals surface area contributed by atoms with Gasteiger partial charge in [-0.3, -0.25) is 0 Å². The molecule has 1 aliphatic carbocycles. The molecule has 0 bridgehead atoms. The van der Waals surface area contributed by atoms with E-state index in [1.165, 1.54) is 23.3 Å². The molecule has 1 aromatic carbocycles. The molecule has 1 aliphatic rings. The molecule has 0 spiro atoms. The van der Waals surface area contributed by atoms with Gasteiger partial charge in [0.1, 0.15) is 5.75 Å². The number of ether oxygens (including phenoxy) is 2. The maximum Gasteiger partial charge on any atom is 0.121 e. The number of thiophene rings is 1. The van der Waals surface area contributed by atoms with Gasteiger partial charge in [-0.25, -0.2) is 0 Å². The Balaban J connectivity index is 1.47. The summed E-state index contributed by atoms with van der Waals surface area (Å²) < 4.78 is 12.6. The summed E-state index contributed by atoms with van der Waals surface area (Å²) in [5.41, 5.74) is 2.26. The third kappa shape index (κ3) is 6.79. The molecule has 2 aromatic rings. The van der Waals surface area contributed by atoms with Crippen LogP contribution in [0.25, 0.3) is 0 Å². The Morgan fingerprint density at radius 2 is 2.03 bits per heavy atom. The zero-order valence-corrected chi connectivity index (χ0v) is 20.1. The fourth-order valence-electron chi connectivity index (χ4n) is 3.62. The first-order valence-electron chi connectivity index (χ1n) is 10.2. The topological polar surface area (TPSA) is 50.7 Å². The Bertz CT molecular complexity index is 803. The minimum absolute atomic E-state index is 0.108. The minimum Gasteiger partial charge on any atom is -0.496 e. The fraction of sp³-hybridized carbons (Fsp3) is 0.565. The van der Waals surface area contributed by atoms with Crippen molar-refractivity contribution < 1.29 is 14.6 Å². The second-order valence-electron chi connectivity index (χ2n) is 8.63. The Kier molecular flexibility index (Phi) is 7.79. The smallest absolute Gasteiger partial charge is 0.121 e. The maximum absolute atomic E-state index is 10.5. The van der Waals surface area contributed by atoms with E-state index in [0.29, 0.717) is 19.1 Å². The molecule has 160 valence electrons. The van der Waals surface area contributed by atoms with E-state index < -0.39 is 6.10 Å². The van der Waals surface area contributed by atoms with Crippen molar-refractivity contribution in [3.05, 3.63) is 50.1 Å². The lowest BCUT2D eigenvalue weighted by molar-refractivity contribution is -0.0196. The van der Waals surface area contributed by atoms with Crippen LogP contribution in [-0.2, 0) is 11.2 Å². The molecule has 1 unspecified atom stereocenters. The molecule has 0 aliphatic heterocycles. The Hall–Kier alpha value is -0.920. The third-order valence-corrected chi connectivity index (χ3v) is 7.00. The lowest BCUT2D eigenvalue weighted by atomic mass is 9.93. The number of β-amino-alcohol motifs (C(OH)–C–C–N with tert-alkyl or cyclic N) is 1. The number of hydrogen-bond donors (Lipinski definition) is 2. The van der Waals surface area contributed by atoms with Crippen molar-refractivity contribution in [2.75, 3.05) is 20.3 Å². The summed E-state index contributed by atoms with van der Waals surface area (Å²) in [6.07, 6.45) is 2.87. The van der Waals surface area contributed by atoms with E-state index in [-0.39, 0.29) is 11.6 Å². The van der Waals surface area contributed by atoms with Gasteiger partial charge in [-0.15, -0.1) is 11.3 Å². The molecular weight excluding hydrogens is 450 g/mol. The number of nitrogens with one attached hydrogen (secondary N) is 1. The number of aliphatic hydroxyl groups excluding tert-OH is 1. The van der Waals surface area contributed by atoms with E-state index in [1.807, 2.05) is 6.07 Å². The SMILES string of the molecule is COc1ccc(CC(C)(C)NC[C@@H](O)COC(c2ccc(Br)s2)C2CC2)cc1C. The first-order chi connectivity index (χ1) is 13.8. The number of benzene rings is 1. The second kappa shape index (κ2) is 9.92. The first kappa shape index (κ1) is 22.8. The number of aryl methyl sites for hydroxylation is 1. The zero-order valence-electron chi connectivity index (χ0n) is 17.7. The van der Waals surface area contributed by atoms with Crippen molar-refractivity contribution in [1.82, 2.24) is 5.32 Å². The molecule has 1 fully saturated rings. The second-order valence-corrected chi connectivity index (χ2v) is 11.1. The Morgan fingerprint density at radius 1 is 1.28 bits per heavy atom. The van der Waals surface area contributed by atoms with E-state index in [2.05, 4.69) is 66.3 Å². The minimum atomic E-state index is -0.531. The molecule has 0 radical (unpaired) electrons. The van der Waals surface area contributed by atoms with Gasteiger partial charge in [0.2, 0.25) is 0 Å². The van der Waals surface area contributed by atoms with Gasteiger partial charge in [0.05, 0.1) is 29.7 Å². The monoisotopic (exact) mass is 481 g/mol. The van der Waals surface area contributed by atoms with Crippen molar-refractivity contribution in [2.45, 2.75) is 57.8 Å². The number of aliphatic hydroxyl groups is 1. The lowest BCUT2D eigenvalue weighted by Gasteiger charge is -2.29. The summed E-state index contributed by atoms with van der Waals surface area (Å²) in [6.45, 7) is 7.24. The summed E-state index contributed by atoms with van der Waals surface area (Å²) in [6, 6.07) is 10.5. The predicted molar refractivity (Wildman–Crippen MR) is 123 cm³/mol. The van der Waals surface area contributed by atoms with Gasteiger partial charge >= 0.3 is 0 Å². The summed E-state index contributed by atoms with van der Waals surface area (Å²) in [7, 11) is 1.70. The van der Waals surface area contributed by atoms with Gasteiger partial charge in [0.15, 0.2) is 0 Å². The molecule has 29 heavy (non-hydrogen) atoms. The lowest BCUT2D eigenvalue weighted by Crippen LogP contribution is -2.46. The van der Waals surface area contributed by atoms with Gasteiger partial charge in [0, 0.05) is 17.0 Å². The molecule has 0 amide bonds. The highest BCUT2D eigenvalue weighted by Gasteiger charge is 2.34. The summed E-state index contributed by atoms with van der Waals surface area (Å²) in [5, 5.41) is 14.0. The van der Waals surface area contributed by atoms with Crippen LogP contribution in [0, 0.1) is 12.8 Å². The zero-order chi connectivity index (χ0) is 21.0. The quantitative estimate of drug-likeness (QED) is 0.459. The highest BCUT2D eigenvalue weighted by Crippen LogP contribution is 2.45. The molecule has 1 aromatic heterocycles. The van der Waals surface area contributed by atoms with E-state index in [0.717, 1.165) is 21.5 Å². The first-order valence-corrected chi connectivity index (χ1v) is 11.8. The van der Waals surface area contributed by atoms with E-state index >= 15 is 0 Å². The number of hydrogen-bond acceptors (Lipinski definition) is 5. The van der Waals surface area contributed by atoms with E-state index in [9.17, 15) is 5.11 Å². The van der Waals surface area contributed by atoms with Crippen molar-refractivity contribution in [3.63, 3.8) is 0 Å². The van der Waals surface area contributed by atoms with Crippen LogP contribution in [-0.4, -0.2) is 37.0 Å². The van der Waals surface area contributed by atoms with Crippen LogP contribution in [0.3, 0.4) is 0 Å². The molecule has 6 heteroatoms. The van der Waals surface area contributed by atoms with Gasteiger partial charge in [-0.05, 0) is 91.2 Å². The Labute approximate surface area is 186 Å². The summed E-state index contributed by atoms with van der Waals surface area (Å²) in [4.78, 5) is 1.25. The van der Waals surface area contributed by atoms with Crippen LogP contribution in [0.4, 0.5) is 0 Å². The van der Waals surface area contributed by atoms with Gasteiger partial charge in [-0.1, -0.05) is 12.1 Å². The number of halogens is 1. The molecule has 2 N–H and O–H groups in total. The van der Waals surface area contributed by atoms with Gasteiger partial charge in [-0.2, -0.15) is 0 Å². The number of methoxy groups -OCH3 is 1. The van der Waals surface area contributed by atoms with Crippen LogP contribution >= 0.6 is 27.3 Å². The maximum atomic E-state index is 10.5. The largest absolute Gasteiger partial charge is 0.496 e. The molecule has 1 saturated carbocycles. The number of rotatable bonds is 11. The molecule has 1 heterocycles. The van der Waals surface area contributed by atoms with Gasteiger partial charge < -0.3 is 19.9 Å². The molecule has 0 saturated heterocycles. The predicted octanol–water partition coefficient (Wildman–Crippen LogP) is 5.27. The normalized spacial score (nSPS) is 16.6. The standard InChI is InChI=1S/C23H32BrNO3S/c1-15-11-16(5-8-19(15)27-4)12-23(2,3)25-13-18(26)14-28-22(17-6-7-17)20-9-10-21(24)29-20/h5,8-11,17-18,22,25-26H,6-7,12-14H2,1-4H3/t18-,22?/m1/s1. The highest BCUT2D eigenvalue weighted by atomic mass is 79.9. The van der Waals surface area contributed by atoms with Crippen molar-refractivity contribution in [1.29, 1.82) is 0 Å². The average Bonchev–Trinajstić information content (AvgIpc) is 3.41. The molecular formula is C23H32BrNO3S. The van der Waals surface area contributed by atoms with Crippen LogP contribution in [0.1, 0.15) is 48.8 Å². The highest BCUT2D eigenvalue weighted by molar-refractivity contribution is 9.11. The fourth-order valence-corrected chi connectivity index (χ4v) is 5.19. The molecule has 3 rings (SSSR count). The van der Waals surface area contributed by atoms with E-state index in [4.69, 9.17) is 9.47 Å². The van der Waals surface area contributed by atoms with Crippen LogP contribution in [0.5, 0.6) is 5.75 Å². The van der Waals surface area contributed by atoms with Crippen molar-refractivity contribution >= 4 is 27.3 Å². The summed E-state index contributed by atoms with van der Waals surface area (Å²) in [5.74, 6) is 1.51. The Morgan fingerprint density at radius 3 is 2.62 bits per heavy atom.